The van der Waals surface area contributed by atoms with Gasteiger partial charge in [-0.25, -0.2) is 0 Å². The summed E-state index contributed by atoms with van der Waals surface area (Å²) in [7, 11) is 0. The zero-order valence-corrected chi connectivity index (χ0v) is 11.2. The first kappa shape index (κ1) is 12.3. The molecule has 0 spiro atoms. The summed E-state index contributed by atoms with van der Waals surface area (Å²) >= 11 is 6.13. The lowest BCUT2D eigenvalue weighted by Crippen LogP contribution is -2.80. The second-order valence-corrected chi connectivity index (χ2v) is 4.88. The molecule has 1 aliphatic heterocycles. The number of nitrogens with two attached hydrogens (primary N) is 1. The Morgan fingerprint density at radius 3 is 2.74 bits per heavy atom. The van der Waals surface area contributed by atoms with Gasteiger partial charge in [0.2, 0.25) is 6.79 Å². The minimum absolute atomic E-state index is 0.322. The average molecular weight is 277 g/mol. The Morgan fingerprint density at radius 1 is 1.00 bits per heavy atom. The molecule has 2 aromatic rings. The summed E-state index contributed by atoms with van der Waals surface area (Å²) in [6.45, 7) is 2.08. The van der Waals surface area contributed by atoms with E-state index in [2.05, 4.69) is 17.4 Å². The van der Waals surface area contributed by atoms with E-state index in [1.807, 2.05) is 30.3 Å². The van der Waals surface area contributed by atoms with E-state index in [0.29, 0.717) is 6.79 Å². The van der Waals surface area contributed by atoms with E-state index in [1.165, 1.54) is 5.56 Å². The Balaban J connectivity index is 1.59. The molecule has 0 saturated heterocycles. The van der Waals surface area contributed by atoms with E-state index >= 15 is 0 Å². The molecule has 0 radical (unpaired) electrons. The van der Waals surface area contributed by atoms with Crippen LogP contribution in [0.3, 0.4) is 0 Å². The van der Waals surface area contributed by atoms with Crippen molar-refractivity contribution < 1.29 is 14.8 Å². The highest BCUT2D eigenvalue weighted by Crippen LogP contribution is 2.32. The third-order valence-electron chi connectivity index (χ3n) is 3.14. The first-order chi connectivity index (χ1) is 9.33. The molecular weight excluding hydrogens is 262 g/mol. The van der Waals surface area contributed by atoms with Gasteiger partial charge in [0.1, 0.15) is 13.1 Å². The average Bonchev–Trinajstić information content (AvgIpc) is 2.88. The van der Waals surface area contributed by atoms with E-state index in [9.17, 15) is 0 Å². The smallest absolute Gasteiger partial charge is 0.231 e. The Hall–Kier alpha value is -1.71. The monoisotopic (exact) mass is 276 g/mol. The van der Waals surface area contributed by atoms with Crippen LogP contribution in [0.1, 0.15) is 11.1 Å². The van der Waals surface area contributed by atoms with Gasteiger partial charge in [-0.1, -0.05) is 29.8 Å². The summed E-state index contributed by atoms with van der Waals surface area (Å²) < 4.78 is 10.7. The molecule has 0 aliphatic carbocycles. The lowest BCUT2D eigenvalue weighted by atomic mass is 10.2. The standard InChI is InChI=1S/C15H14ClNO2/c16-13-4-2-1-3-12(13)9-17-8-11-5-6-14-15(7-11)19-10-18-14/h1-7,17H,8-10H2/p+1. The molecule has 0 amide bonds. The maximum Gasteiger partial charge on any atom is 0.231 e. The van der Waals surface area contributed by atoms with Gasteiger partial charge in [-0.15, -0.1) is 0 Å². The fourth-order valence-corrected chi connectivity index (χ4v) is 2.34. The molecule has 3 rings (SSSR count). The summed E-state index contributed by atoms with van der Waals surface area (Å²) in [5.41, 5.74) is 2.38. The van der Waals surface area contributed by atoms with E-state index in [0.717, 1.165) is 35.2 Å². The van der Waals surface area contributed by atoms with E-state index < -0.39 is 0 Å². The van der Waals surface area contributed by atoms with Gasteiger partial charge in [0, 0.05) is 16.1 Å². The van der Waals surface area contributed by atoms with Crippen LogP contribution in [0, 0.1) is 0 Å². The largest absolute Gasteiger partial charge is 0.454 e. The van der Waals surface area contributed by atoms with Gasteiger partial charge >= 0.3 is 0 Å². The lowest BCUT2D eigenvalue weighted by molar-refractivity contribution is -0.686. The summed E-state index contributed by atoms with van der Waals surface area (Å²) in [5, 5.41) is 3.04. The highest BCUT2D eigenvalue weighted by molar-refractivity contribution is 6.31. The first-order valence-corrected chi connectivity index (χ1v) is 6.64. The molecule has 2 aromatic carbocycles. The summed E-state index contributed by atoms with van der Waals surface area (Å²) in [6, 6.07) is 14.0. The summed E-state index contributed by atoms with van der Waals surface area (Å²) in [4.78, 5) is 0. The molecule has 4 heteroatoms. The Bertz CT molecular complexity index is 586. The molecule has 0 fully saturated rings. The van der Waals surface area contributed by atoms with Gasteiger partial charge in [-0.3, -0.25) is 0 Å². The van der Waals surface area contributed by atoms with Gasteiger partial charge in [0.05, 0.1) is 0 Å². The van der Waals surface area contributed by atoms with Crippen LogP contribution in [0.4, 0.5) is 0 Å². The molecule has 98 valence electrons. The Morgan fingerprint density at radius 2 is 1.84 bits per heavy atom. The molecule has 0 aromatic heterocycles. The third-order valence-corrected chi connectivity index (χ3v) is 3.51. The van der Waals surface area contributed by atoms with E-state index in [-0.39, 0.29) is 0 Å². The van der Waals surface area contributed by atoms with Crippen molar-refractivity contribution in [1.82, 2.24) is 0 Å². The molecule has 1 heterocycles. The van der Waals surface area contributed by atoms with Crippen LogP contribution in [0.15, 0.2) is 42.5 Å². The van der Waals surface area contributed by atoms with Crippen molar-refractivity contribution in [2.24, 2.45) is 0 Å². The van der Waals surface area contributed by atoms with Crippen LogP contribution in [-0.4, -0.2) is 6.79 Å². The summed E-state index contributed by atoms with van der Waals surface area (Å²) in [5.74, 6) is 1.67. The third kappa shape index (κ3) is 2.83. The van der Waals surface area contributed by atoms with Crippen LogP contribution in [-0.2, 0) is 13.1 Å². The van der Waals surface area contributed by atoms with Crippen molar-refractivity contribution >= 4 is 11.6 Å². The molecular formula is C15H15ClNO2+. The zero-order chi connectivity index (χ0) is 13.1. The number of halogens is 1. The van der Waals surface area contributed by atoms with E-state index in [1.54, 1.807) is 0 Å². The lowest BCUT2D eigenvalue weighted by Gasteiger charge is -2.05. The fourth-order valence-electron chi connectivity index (χ4n) is 2.13. The van der Waals surface area contributed by atoms with Crippen molar-refractivity contribution in [2.75, 3.05) is 6.79 Å². The fraction of sp³-hybridized carbons (Fsp3) is 0.200. The molecule has 0 atom stereocenters. The predicted molar refractivity (Wildman–Crippen MR) is 73.4 cm³/mol. The molecule has 3 nitrogen and oxygen atoms in total. The summed E-state index contributed by atoms with van der Waals surface area (Å²) in [6.07, 6.45) is 0. The van der Waals surface area contributed by atoms with Gasteiger partial charge in [-0.2, -0.15) is 0 Å². The number of hydrogen-bond acceptors (Lipinski definition) is 2. The Kier molecular flexibility index (Phi) is 3.58. The topological polar surface area (TPSA) is 35.1 Å². The van der Waals surface area contributed by atoms with Gasteiger partial charge < -0.3 is 14.8 Å². The van der Waals surface area contributed by atoms with Crippen LogP contribution < -0.4 is 14.8 Å². The van der Waals surface area contributed by atoms with Crippen molar-refractivity contribution in [3.63, 3.8) is 0 Å². The molecule has 0 saturated carbocycles. The highest BCUT2D eigenvalue weighted by Gasteiger charge is 2.13. The zero-order valence-electron chi connectivity index (χ0n) is 10.4. The van der Waals surface area contributed by atoms with Gasteiger partial charge in [0.25, 0.3) is 0 Å². The molecule has 1 aliphatic rings. The number of quaternary nitrogens is 1. The van der Waals surface area contributed by atoms with Gasteiger partial charge in [-0.05, 0) is 24.3 Å². The minimum atomic E-state index is 0.322. The van der Waals surface area contributed by atoms with Crippen molar-refractivity contribution in [3.8, 4) is 11.5 Å². The molecule has 19 heavy (non-hydrogen) atoms. The maximum atomic E-state index is 6.13. The second-order valence-electron chi connectivity index (χ2n) is 4.48. The minimum Gasteiger partial charge on any atom is -0.454 e. The molecule has 0 bridgehead atoms. The normalized spacial score (nSPS) is 12.7. The number of ether oxygens (including phenoxy) is 2. The number of hydrogen-bond donors (Lipinski definition) is 1. The number of rotatable bonds is 4. The van der Waals surface area contributed by atoms with Crippen LogP contribution >= 0.6 is 11.6 Å². The number of fused-ring (bicyclic) bond motifs is 1. The highest BCUT2D eigenvalue weighted by atomic mass is 35.5. The molecule has 2 N–H and O–H groups in total. The van der Waals surface area contributed by atoms with Crippen molar-refractivity contribution in [2.45, 2.75) is 13.1 Å². The van der Waals surface area contributed by atoms with Crippen LogP contribution in [0.5, 0.6) is 11.5 Å². The Labute approximate surface area is 117 Å². The number of benzene rings is 2. The maximum absolute atomic E-state index is 6.13. The van der Waals surface area contributed by atoms with Crippen molar-refractivity contribution in [3.05, 3.63) is 58.6 Å². The SMILES string of the molecule is Clc1ccccc1C[NH2+]Cc1ccc2c(c1)OCO2. The van der Waals surface area contributed by atoms with Crippen LogP contribution in [0.2, 0.25) is 5.02 Å². The second kappa shape index (κ2) is 5.51. The van der Waals surface area contributed by atoms with Crippen molar-refractivity contribution in [1.29, 1.82) is 0 Å². The quantitative estimate of drug-likeness (QED) is 0.930. The predicted octanol–water partition coefficient (Wildman–Crippen LogP) is 2.33. The van der Waals surface area contributed by atoms with Gasteiger partial charge in [0.15, 0.2) is 11.5 Å². The first-order valence-electron chi connectivity index (χ1n) is 6.26. The molecule has 0 unspecified atom stereocenters. The van der Waals surface area contributed by atoms with Crippen LogP contribution in [0.25, 0.3) is 0 Å². The van der Waals surface area contributed by atoms with E-state index in [4.69, 9.17) is 21.1 Å².